The molecule has 0 spiro atoms. The monoisotopic (exact) mass is 166 g/mol. The van der Waals surface area contributed by atoms with E-state index in [9.17, 15) is 0 Å². The molecule has 12 heavy (non-hydrogen) atoms. The predicted molar refractivity (Wildman–Crippen MR) is 51.4 cm³/mol. The van der Waals surface area contributed by atoms with Crippen molar-refractivity contribution in [2.24, 2.45) is 0 Å². The lowest BCUT2D eigenvalue weighted by atomic mass is 10.1. The third-order valence-electron chi connectivity index (χ3n) is 2.36. The fraction of sp³-hybridized carbons (Fsp3) is 0.700. The smallest absolute Gasteiger partial charge is 0.0628 e. The van der Waals surface area contributed by atoms with Gasteiger partial charge in [-0.3, -0.25) is 4.68 Å². The molecule has 0 aliphatic carbocycles. The molecule has 0 aliphatic rings. The largest absolute Gasteiger partial charge is 0.269 e. The van der Waals surface area contributed by atoms with Crippen molar-refractivity contribution in [1.29, 1.82) is 0 Å². The maximum absolute atomic E-state index is 4.49. The van der Waals surface area contributed by atoms with E-state index in [1.54, 1.807) is 0 Å². The second-order valence-electron chi connectivity index (χ2n) is 3.03. The van der Waals surface area contributed by atoms with Gasteiger partial charge >= 0.3 is 0 Å². The Morgan fingerprint density at radius 2 is 1.83 bits per heavy atom. The van der Waals surface area contributed by atoms with E-state index in [2.05, 4.69) is 37.5 Å². The van der Waals surface area contributed by atoms with Crippen LogP contribution in [0.15, 0.2) is 0 Å². The molecule has 0 amide bonds. The first kappa shape index (κ1) is 9.30. The fourth-order valence-electron chi connectivity index (χ4n) is 1.78. The van der Waals surface area contributed by atoms with Gasteiger partial charge in [-0.1, -0.05) is 13.8 Å². The van der Waals surface area contributed by atoms with Crippen LogP contribution in [0.3, 0.4) is 0 Å². The summed E-state index contributed by atoms with van der Waals surface area (Å²) in [5, 5.41) is 4.49. The van der Waals surface area contributed by atoms with E-state index < -0.39 is 0 Å². The molecule has 1 heterocycles. The number of aryl methyl sites for hydroxylation is 2. The molecule has 0 fully saturated rings. The molecule has 1 aromatic heterocycles. The van der Waals surface area contributed by atoms with E-state index in [1.807, 2.05) is 0 Å². The highest BCUT2D eigenvalue weighted by Gasteiger charge is 2.09. The maximum Gasteiger partial charge on any atom is 0.0628 e. The van der Waals surface area contributed by atoms with Crippen LogP contribution in [0.5, 0.6) is 0 Å². The molecule has 1 rings (SSSR count). The first-order chi connectivity index (χ1) is 5.74. The van der Waals surface area contributed by atoms with Crippen molar-refractivity contribution in [2.45, 2.75) is 47.1 Å². The standard InChI is InChI=1S/C10H18N2/c1-5-9-8(4)11-12(7-3)10(9)6-2/h5-7H2,1-4H3. The average molecular weight is 166 g/mol. The summed E-state index contributed by atoms with van der Waals surface area (Å²) >= 11 is 0. The molecule has 0 N–H and O–H groups in total. The summed E-state index contributed by atoms with van der Waals surface area (Å²) < 4.78 is 2.12. The number of aromatic nitrogens is 2. The van der Waals surface area contributed by atoms with Crippen LogP contribution < -0.4 is 0 Å². The van der Waals surface area contributed by atoms with Crippen LogP contribution in [0.2, 0.25) is 0 Å². The summed E-state index contributed by atoms with van der Waals surface area (Å²) in [6.07, 6.45) is 2.20. The van der Waals surface area contributed by atoms with Crippen LogP contribution in [-0.4, -0.2) is 9.78 Å². The lowest BCUT2D eigenvalue weighted by molar-refractivity contribution is 0.620. The first-order valence-corrected chi connectivity index (χ1v) is 4.79. The molecule has 0 saturated heterocycles. The Bertz CT molecular complexity index is 261. The van der Waals surface area contributed by atoms with Gasteiger partial charge in [0.05, 0.1) is 5.69 Å². The van der Waals surface area contributed by atoms with Gasteiger partial charge in [0.1, 0.15) is 0 Å². The van der Waals surface area contributed by atoms with E-state index in [0.29, 0.717) is 0 Å². The fourth-order valence-corrected chi connectivity index (χ4v) is 1.78. The molecule has 0 aliphatic heterocycles. The molecule has 1 aromatic rings. The Balaban J connectivity index is 3.16. The van der Waals surface area contributed by atoms with Crippen molar-refractivity contribution in [3.63, 3.8) is 0 Å². The molecule has 0 aromatic carbocycles. The predicted octanol–water partition coefficient (Wildman–Crippen LogP) is 2.34. The van der Waals surface area contributed by atoms with Crippen molar-refractivity contribution in [1.82, 2.24) is 9.78 Å². The van der Waals surface area contributed by atoms with Crippen molar-refractivity contribution in [2.75, 3.05) is 0 Å². The minimum atomic E-state index is 0.990. The highest BCUT2D eigenvalue weighted by Crippen LogP contribution is 2.14. The minimum absolute atomic E-state index is 0.990. The van der Waals surface area contributed by atoms with Gasteiger partial charge < -0.3 is 0 Å². The number of hydrogen-bond acceptors (Lipinski definition) is 1. The van der Waals surface area contributed by atoms with Crippen molar-refractivity contribution in [3.8, 4) is 0 Å². The normalized spacial score (nSPS) is 10.7. The minimum Gasteiger partial charge on any atom is -0.269 e. The molecular weight excluding hydrogens is 148 g/mol. The second kappa shape index (κ2) is 3.74. The third kappa shape index (κ3) is 1.38. The van der Waals surface area contributed by atoms with Crippen LogP contribution in [0.1, 0.15) is 37.7 Å². The molecular formula is C10H18N2. The summed E-state index contributed by atoms with van der Waals surface area (Å²) in [6, 6.07) is 0. The van der Waals surface area contributed by atoms with Gasteiger partial charge in [-0.25, -0.2) is 0 Å². The molecule has 0 saturated carbocycles. The lowest BCUT2D eigenvalue weighted by Gasteiger charge is -2.02. The second-order valence-corrected chi connectivity index (χ2v) is 3.03. The zero-order chi connectivity index (χ0) is 9.14. The van der Waals surface area contributed by atoms with Crippen molar-refractivity contribution >= 4 is 0 Å². The SMILES string of the molecule is CCc1c(C)nn(CC)c1CC. The molecule has 0 atom stereocenters. The van der Waals surface area contributed by atoms with E-state index in [4.69, 9.17) is 0 Å². The summed E-state index contributed by atoms with van der Waals surface area (Å²) in [7, 11) is 0. The maximum atomic E-state index is 4.49. The first-order valence-electron chi connectivity index (χ1n) is 4.79. The Labute approximate surface area is 74.6 Å². The Hall–Kier alpha value is -0.790. The molecule has 2 heteroatoms. The Morgan fingerprint density at radius 1 is 1.17 bits per heavy atom. The summed E-state index contributed by atoms with van der Waals surface area (Å²) in [5.41, 5.74) is 4.06. The highest BCUT2D eigenvalue weighted by molar-refractivity contribution is 5.25. The van der Waals surface area contributed by atoms with Crippen LogP contribution in [-0.2, 0) is 19.4 Å². The number of rotatable bonds is 3. The zero-order valence-electron chi connectivity index (χ0n) is 8.52. The summed E-state index contributed by atoms with van der Waals surface area (Å²) in [5.74, 6) is 0. The zero-order valence-corrected chi connectivity index (χ0v) is 8.52. The van der Waals surface area contributed by atoms with Gasteiger partial charge in [0.15, 0.2) is 0 Å². The highest BCUT2D eigenvalue weighted by atomic mass is 15.3. The summed E-state index contributed by atoms with van der Waals surface area (Å²) in [4.78, 5) is 0. The van der Waals surface area contributed by atoms with Crippen LogP contribution in [0.25, 0.3) is 0 Å². The van der Waals surface area contributed by atoms with E-state index in [-0.39, 0.29) is 0 Å². The van der Waals surface area contributed by atoms with Crippen molar-refractivity contribution in [3.05, 3.63) is 17.0 Å². The van der Waals surface area contributed by atoms with Gasteiger partial charge in [0.25, 0.3) is 0 Å². The van der Waals surface area contributed by atoms with Gasteiger partial charge in [-0.2, -0.15) is 5.10 Å². The molecule has 68 valence electrons. The molecule has 0 unspecified atom stereocenters. The van der Waals surface area contributed by atoms with Crippen LogP contribution in [0.4, 0.5) is 0 Å². The van der Waals surface area contributed by atoms with Gasteiger partial charge in [0.2, 0.25) is 0 Å². The van der Waals surface area contributed by atoms with E-state index in [0.717, 1.165) is 19.4 Å². The molecule has 2 nitrogen and oxygen atoms in total. The average Bonchev–Trinajstić information content (AvgIpc) is 2.40. The van der Waals surface area contributed by atoms with Gasteiger partial charge in [0, 0.05) is 12.2 Å². The number of nitrogens with zero attached hydrogens (tertiary/aromatic N) is 2. The Morgan fingerprint density at radius 3 is 2.25 bits per heavy atom. The Kier molecular flexibility index (Phi) is 2.90. The van der Waals surface area contributed by atoms with Crippen LogP contribution in [0, 0.1) is 6.92 Å². The lowest BCUT2D eigenvalue weighted by Crippen LogP contribution is -2.02. The van der Waals surface area contributed by atoms with Gasteiger partial charge in [-0.15, -0.1) is 0 Å². The van der Waals surface area contributed by atoms with Gasteiger partial charge in [-0.05, 0) is 32.3 Å². The quantitative estimate of drug-likeness (QED) is 0.674. The topological polar surface area (TPSA) is 17.8 Å². The molecule has 0 radical (unpaired) electrons. The third-order valence-corrected chi connectivity index (χ3v) is 2.36. The number of hydrogen-bond donors (Lipinski definition) is 0. The van der Waals surface area contributed by atoms with E-state index >= 15 is 0 Å². The summed E-state index contributed by atoms with van der Waals surface area (Å²) in [6.45, 7) is 9.63. The molecule has 0 bridgehead atoms. The van der Waals surface area contributed by atoms with E-state index in [1.165, 1.54) is 17.0 Å². The van der Waals surface area contributed by atoms with Crippen molar-refractivity contribution < 1.29 is 0 Å². The van der Waals surface area contributed by atoms with Crippen LogP contribution >= 0.6 is 0 Å².